The molecule has 2 fully saturated rings. The van der Waals surface area contributed by atoms with E-state index in [4.69, 9.17) is 5.11 Å². The highest BCUT2D eigenvalue weighted by molar-refractivity contribution is 5.04. The third kappa shape index (κ3) is 1.58. The van der Waals surface area contributed by atoms with E-state index in [0.29, 0.717) is 12.6 Å². The lowest BCUT2D eigenvalue weighted by Crippen LogP contribution is -2.60. The molecule has 2 unspecified atom stereocenters. The van der Waals surface area contributed by atoms with Crippen LogP contribution in [0.3, 0.4) is 0 Å². The van der Waals surface area contributed by atoms with Crippen LogP contribution in [0.5, 0.6) is 0 Å². The highest BCUT2D eigenvalue weighted by atomic mass is 16.3. The monoisotopic (exact) mass is 199 g/mol. The Bertz CT molecular complexity index is 223. The predicted octanol–water partition coefficient (Wildman–Crippen LogP) is 0.508. The van der Waals surface area contributed by atoms with Gasteiger partial charge in [0.25, 0.3) is 0 Å². The number of hydrogen-bond donors (Lipinski definition) is 3. The highest BCUT2D eigenvalue weighted by Gasteiger charge is 2.49. The molecule has 0 bridgehead atoms. The Morgan fingerprint density at radius 2 is 2.00 bits per heavy atom. The molecule has 0 aliphatic heterocycles. The molecule has 0 saturated heterocycles. The first kappa shape index (κ1) is 10.4. The molecule has 2 aliphatic rings. The van der Waals surface area contributed by atoms with Gasteiger partial charge in [-0.15, -0.1) is 0 Å². The third-order valence-corrected chi connectivity index (χ3v) is 4.23. The van der Waals surface area contributed by atoms with Crippen molar-refractivity contribution in [2.75, 3.05) is 13.2 Å². The number of aliphatic hydroxyl groups is 2. The van der Waals surface area contributed by atoms with Gasteiger partial charge in [0.1, 0.15) is 0 Å². The van der Waals surface area contributed by atoms with Crippen LogP contribution in [0.4, 0.5) is 0 Å². The van der Waals surface area contributed by atoms with E-state index in [1.807, 2.05) is 0 Å². The number of hydrogen-bond acceptors (Lipinski definition) is 3. The first-order valence-electron chi connectivity index (χ1n) is 5.52. The molecule has 82 valence electrons. The molecule has 14 heavy (non-hydrogen) atoms. The number of rotatable bonds is 4. The average molecular weight is 199 g/mol. The van der Waals surface area contributed by atoms with Crippen LogP contribution in [-0.4, -0.2) is 35.5 Å². The summed E-state index contributed by atoms with van der Waals surface area (Å²) in [5.41, 5.74) is 0.183. The molecule has 0 radical (unpaired) electrons. The second kappa shape index (κ2) is 3.19. The molecule has 0 spiro atoms. The molecule has 3 heteroatoms. The van der Waals surface area contributed by atoms with Gasteiger partial charge in [0, 0.05) is 30.0 Å². The van der Waals surface area contributed by atoms with E-state index < -0.39 is 0 Å². The van der Waals surface area contributed by atoms with Crippen molar-refractivity contribution in [3.05, 3.63) is 0 Å². The summed E-state index contributed by atoms with van der Waals surface area (Å²) in [6.45, 7) is 5.40. The zero-order valence-corrected chi connectivity index (χ0v) is 9.08. The lowest BCUT2D eigenvalue weighted by Gasteiger charge is -2.50. The van der Waals surface area contributed by atoms with Crippen molar-refractivity contribution in [2.45, 2.75) is 45.3 Å². The normalized spacial score (nSPS) is 37.7. The van der Waals surface area contributed by atoms with Crippen molar-refractivity contribution in [2.24, 2.45) is 10.8 Å². The summed E-state index contributed by atoms with van der Waals surface area (Å²) in [6.07, 6.45) is 2.98. The fraction of sp³-hybridized carbons (Fsp3) is 1.00. The Balaban J connectivity index is 1.77. The van der Waals surface area contributed by atoms with Gasteiger partial charge in [-0.2, -0.15) is 0 Å². The molecule has 0 heterocycles. The van der Waals surface area contributed by atoms with Crippen molar-refractivity contribution in [1.29, 1.82) is 0 Å². The van der Waals surface area contributed by atoms with Gasteiger partial charge < -0.3 is 15.5 Å². The fourth-order valence-electron chi connectivity index (χ4n) is 2.16. The second-order valence-electron chi connectivity index (χ2n) is 5.66. The van der Waals surface area contributed by atoms with E-state index in [1.165, 1.54) is 0 Å². The van der Waals surface area contributed by atoms with Crippen LogP contribution < -0.4 is 5.32 Å². The maximum Gasteiger partial charge on any atom is 0.0621 e. The molecular formula is C11H21NO2. The molecule has 2 aliphatic carbocycles. The molecule has 3 N–H and O–H groups in total. The summed E-state index contributed by atoms with van der Waals surface area (Å²) in [7, 11) is 0. The Morgan fingerprint density at radius 1 is 1.36 bits per heavy atom. The molecule has 2 rings (SSSR count). The Kier molecular flexibility index (Phi) is 2.37. The van der Waals surface area contributed by atoms with Crippen LogP contribution in [0.25, 0.3) is 0 Å². The van der Waals surface area contributed by atoms with E-state index in [1.54, 1.807) is 0 Å². The molecule has 0 aromatic carbocycles. The molecule has 3 nitrogen and oxygen atoms in total. The van der Waals surface area contributed by atoms with Gasteiger partial charge in [0.2, 0.25) is 0 Å². The Hall–Kier alpha value is -0.120. The minimum atomic E-state index is -0.163. The lowest BCUT2D eigenvalue weighted by molar-refractivity contribution is -0.0741. The largest absolute Gasteiger partial charge is 0.396 e. The van der Waals surface area contributed by atoms with Crippen molar-refractivity contribution in [1.82, 2.24) is 5.32 Å². The van der Waals surface area contributed by atoms with Gasteiger partial charge in [-0.1, -0.05) is 13.8 Å². The van der Waals surface area contributed by atoms with Crippen molar-refractivity contribution >= 4 is 0 Å². The van der Waals surface area contributed by atoms with E-state index in [0.717, 1.165) is 25.8 Å². The molecule has 2 saturated carbocycles. The van der Waals surface area contributed by atoms with E-state index >= 15 is 0 Å². The predicted molar refractivity (Wildman–Crippen MR) is 54.9 cm³/mol. The summed E-state index contributed by atoms with van der Waals surface area (Å²) < 4.78 is 0. The summed E-state index contributed by atoms with van der Waals surface area (Å²) in [5, 5.41) is 22.2. The summed E-state index contributed by atoms with van der Waals surface area (Å²) in [4.78, 5) is 0. The van der Waals surface area contributed by atoms with Crippen molar-refractivity contribution in [3.8, 4) is 0 Å². The Morgan fingerprint density at radius 3 is 2.36 bits per heavy atom. The van der Waals surface area contributed by atoms with Crippen LogP contribution in [0.2, 0.25) is 0 Å². The molecule has 0 amide bonds. The fourth-order valence-corrected chi connectivity index (χ4v) is 2.16. The number of nitrogens with one attached hydrogen (secondary N) is 1. The molecular weight excluding hydrogens is 178 g/mol. The van der Waals surface area contributed by atoms with Crippen LogP contribution >= 0.6 is 0 Å². The van der Waals surface area contributed by atoms with Gasteiger partial charge in [-0.25, -0.2) is 0 Å². The van der Waals surface area contributed by atoms with Gasteiger partial charge in [0.15, 0.2) is 0 Å². The van der Waals surface area contributed by atoms with Crippen LogP contribution in [0.15, 0.2) is 0 Å². The van der Waals surface area contributed by atoms with Crippen LogP contribution in [-0.2, 0) is 0 Å². The SMILES string of the molecule is CC1(C)C(O)CC1NCC1(CO)CC1. The van der Waals surface area contributed by atoms with Crippen molar-refractivity contribution in [3.63, 3.8) is 0 Å². The number of aliphatic hydroxyl groups excluding tert-OH is 2. The van der Waals surface area contributed by atoms with Gasteiger partial charge in [-0.05, 0) is 19.3 Å². The van der Waals surface area contributed by atoms with Gasteiger partial charge in [0.05, 0.1) is 6.10 Å². The molecule has 0 aromatic rings. The van der Waals surface area contributed by atoms with Crippen molar-refractivity contribution < 1.29 is 10.2 Å². The van der Waals surface area contributed by atoms with Gasteiger partial charge >= 0.3 is 0 Å². The summed E-state index contributed by atoms with van der Waals surface area (Å²) >= 11 is 0. The summed E-state index contributed by atoms with van der Waals surface area (Å²) in [5.74, 6) is 0. The van der Waals surface area contributed by atoms with E-state index in [2.05, 4.69) is 19.2 Å². The third-order valence-electron chi connectivity index (χ3n) is 4.23. The maximum absolute atomic E-state index is 9.56. The highest BCUT2D eigenvalue weighted by Crippen LogP contribution is 2.46. The topological polar surface area (TPSA) is 52.5 Å². The van der Waals surface area contributed by atoms with Gasteiger partial charge in [-0.3, -0.25) is 0 Å². The van der Waals surface area contributed by atoms with Crippen LogP contribution in [0.1, 0.15) is 33.1 Å². The zero-order valence-electron chi connectivity index (χ0n) is 9.08. The molecule has 2 atom stereocenters. The zero-order chi connectivity index (χ0) is 10.4. The van der Waals surface area contributed by atoms with E-state index in [-0.39, 0.29) is 16.9 Å². The van der Waals surface area contributed by atoms with Crippen LogP contribution in [0, 0.1) is 10.8 Å². The quantitative estimate of drug-likeness (QED) is 0.618. The van der Waals surface area contributed by atoms with E-state index in [9.17, 15) is 5.11 Å². The maximum atomic E-state index is 9.56. The first-order valence-corrected chi connectivity index (χ1v) is 5.52. The Labute approximate surface area is 85.5 Å². The first-order chi connectivity index (χ1) is 6.50. The lowest BCUT2D eigenvalue weighted by atomic mass is 9.64. The second-order valence-corrected chi connectivity index (χ2v) is 5.66. The standard InChI is InChI=1S/C11H21NO2/c1-10(2)8(5-9(10)14)12-6-11(7-13)3-4-11/h8-9,12-14H,3-7H2,1-2H3. The smallest absolute Gasteiger partial charge is 0.0621 e. The average Bonchev–Trinajstić information content (AvgIpc) is 2.93. The summed E-state index contributed by atoms with van der Waals surface area (Å²) in [6, 6.07) is 0.418. The molecule has 0 aromatic heterocycles. The minimum Gasteiger partial charge on any atom is -0.396 e. The minimum absolute atomic E-state index is 0.00549.